The highest BCUT2D eigenvalue weighted by Crippen LogP contribution is 2.70. The van der Waals surface area contributed by atoms with Crippen LogP contribution in [0.25, 0.3) is 0 Å². The van der Waals surface area contributed by atoms with E-state index >= 15 is 0 Å². The molecule has 0 N–H and O–H groups in total. The van der Waals surface area contributed by atoms with Crippen LogP contribution in [0.5, 0.6) is 0 Å². The van der Waals surface area contributed by atoms with E-state index in [1.165, 1.54) is 7.11 Å². The molecule has 0 unspecified atom stereocenters. The van der Waals surface area contributed by atoms with Gasteiger partial charge in [-0.05, 0) is 42.7 Å². The predicted octanol–water partition coefficient (Wildman–Crippen LogP) is 4.05. The number of hydrogen-bond donors (Lipinski definition) is 0. The largest absolute Gasteiger partial charge is 0.469 e. The first-order valence-electron chi connectivity index (χ1n) is 11.1. The van der Waals surface area contributed by atoms with E-state index in [0.717, 1.165) is 24.9 Å². The number of benzene rings is 1. The molecule has 0 aromatic heterocycles. The van der Waals surface area contributed by atoms with Gasteiger partial charge in [0, 0.05) is 17.4 Å². The number of thioether (sulfide) groups is 1. The average molecular weight is 445 g/mol. The molecule has 3 fully saturated rings. The van der Waals surface area contributed by atoms with Crippen molar-refractivity contribution in [1.82, 2.24) is 5.01 Å². The van der Waals surface area contributed by atoms with Gasteiger partial charge in [-0.25, -0.2) is 10.0 Å². The minimum Gasteiger partial charge on any atom is -0.469 e. The molecule has 1 heterocycles. The van der Waals surface area contributed by atoms with Crippen molar-refractivity contribution in [2.24, 2.45) is 16.7 Å². The van der Waals surface area contributed by atoms with Crippen molar-refractivity contribution < 1.29 is 19.1 Å². The fourth-order valence-corrected chi connectivity index (χ4v) is 7.08. The van der Waals surface area contributed by atoms with Crippen LogP contribution in [-0.4, -0.2) is 46.9 Å². The molecule has 1 spiro atoms. The summed E-state index contributed by atoms with van der Waals surface area (Å²) >= 11 is 1.59. The van der Waals surface area contributed by atoms with Crippen molar-refractivity contribution in [1.29, 1.82) is 0 Å². The number of para-hydroxylation sites is 1. The summed E-state index contributed by atoms with van der Waals surface area (Å²) in [6.45, 7) is 6.43. The molecule has 31 heavy (non-hydrogen) atoms. The fourth-order valence-electron chi connectivity index (χ4n) is 6.13. The first-order valence-corrected chi connectivity index (χ1v) is 12.2. The number of hydrogen-bond acceptors (Lipinski definition) is 5. The number of amides is 2. The van der Waals surface area contributed by atoms with E-state index in [-0.39, 0.29) is 34.5 Å². The monoisotopic (exact) mass is 444 g/mol. The van der Waals surface area contributed by atoms with Crippen LogP contribution in [-0.2, 0) is 19.1 Å². The van der Waals surface area contributed by atoms with E-state index in [4.69, 9.17) is 4.74 Å². The number of fused-ring (bicyclic) bond motifs is 1. The zero-order valence-electron chi connectivity index (χ0n) is 18.8. The third-order valence-corrected chi connectivity index (χ3v) is 9.05. The average Bonchev–Trinajstić information content (AvgIpc) is 3.26. The lowest BCUT2D eigenvalue weighted by atomic mass is 9.67. The Morgan fingerprint density at radius 1 is 1.26 bits per heavy atom. The number of nitrogens with zero attached hydrogens (tertiary/aromatic N) is 2. The number of methoxy groups -OCH3 is 1. The molecular formula is C24H32N2O4S. The summed E-state index contributed by atoms with van der Waals surface area (Å²) in [6, 6.07) is 9.47. The summed E-state index contributed by atoms with van der Waals surface area (Å²) in [6.07, 6.45) is 3.46. The summed E-state index contributed by atoms with van der Waals surface area (Å²) in [5, 5.41) is 3.51. The van der Waals surface area contributed by atoms with Gasteiger partial charge in [0.2, 0.25) is 5.91 Å². The van der Waals surface area contributed by atoms with Gasteiger partial charge in [-0.1, -0.05) is 39.0 Å². The molecule has 2 saturated carbocycles. The highest BCUT2D eigenvalue weighted by molar-refractivity contribution is 7.99. The molecule has 168 valence electrons. The van der Waals surface area contributed by atoms with Gasteiger partial charge < -0.3 is 4.74 Å². The summed E-state index contributed by atoms with van der Waals surface area (Å²) in [7, 11) is 1.38. The van der Waals surface area contributed by atoms with Gasteiger partial charge in [-0.15, -0.1) is 0 Å². The number of hydrazine groups is 1. The second kappa shape index (κ2) is 8.15. The lowest BCUT2D eigenvalue weighted by Gasteiger charge is -2.35. The maximum absolute atomic E-state index is 13.9. The molecule has 2 amide bonds. The summed E-state index contributed by atoms with van der Waals surface area (Å²) in [5.41, 5.74) is 0.150. The molecule has 1 saturated heterocycles. The minimum atomic E-state index is -0.496. The molecule has 1 aromatic rings. The SMILES string of the molecule is COC(=O)CCS[C@@H](C)CC(=O)N1[C@@H]2C[C@H]3CC[C@]2(C(=O)N1c1ccccc1)C3(C)C. The van der Waals surface area contributed by atoms with Gasteiger partial charge in [-0.2, -0.15) is 11.8 Å². The van der Waals surface area contributed by atoms with Crippen LogP contribution in [0.1, 0.15) is 52.9 Å². The fraction of sp³-hybridized carbons (Fsp3) is 0.625. The van der Waals surface area contributed by atoms with Crippen LogP contribution in [0.15, 0.2) is 30.3 Å². The maximum atomic E-state index is 13.9. The summed E-state index contributed by atoms with van der Waals surface area (Å²) in [4.78, 5) is 38.9. The van der Waals surface area contributed by atoms with Crippen LogP contribution >= 0.6 is 11.8 Å². The first-order chi connectivity index (χ1) is 14.7. The molecule has 6 nitrogen and oxygen atoms in total. The first kappa shape index (κ1) is 22.2. The van der Waals surface area contributed by atoms with E-state index in [9.17, 15) is 14.4 Å². The molecular weight excluding hydrogens is 412 g/mol. The quantitative estimate of drug-likeness (QED) is 0.594. The van der Waals surface area contributed by atoms with Crippen molar-refractivity contribution in [3.8, 4) is 0 Å². The van der Waals surface area contributed by atoms with Gasteiger partial charge in [-0.3, -0.25) is 14.4 Å². The van der Waals surface area contributed by atoms with Crippen molar-refractivity contribution in [2.45, 2.75) is 64.2 Å². The number of carbonyl (C=O) groups is 3. The minimum absolute atomic E-state index is 0.0134. The van der Waals surface area contributed by atoms with E-state index < -0.39 is 5.41 Å². The highest BCUT2D eigenvalue weighted by atomic mass is 32.2. The standard InChI is InChI=1S/C24H32N2O4S/c1-16(31-13-11-21(28)30-4)14-20(27)26-19-15-17-10-12-24(19,23(17,2)3)22(29)25(26)18-8-6-5-7-9-18/h5-9,16-17,19H,10-15H2,1-4H3/t16-,17+,19+,24-/m0/s1. The van der Waals surface area contributed by atoms with Crippen molar-refractivity contribution in [3.05, 3.63) is 30.3 Å². The smallest absolute Gasteiger partial charge is 0.306 e. The Bertz CT molecular complexity index is 874. The zero-order valence-corrected chi connectivity index (χ0v) is 19.6. The summed E-state index contributed by atoms with van der Waals surface area (Å²) < 4.78 is 4.69. The van der Waals surface area contributed by atoms with Gasteiger partial charge >= 0.3 is 5.97 Å². The lowest BCUT2D eigenvalue weighted by Crippen LogP contribution is -2.48. The van der Waals surface area contributed by atoms with Gasteiger partial charge in [0.15, 0.2) is 0 Å². The number of esters is 1. The number of rotatable bonds is 7. The second-order valence-corrected chi connectivity index (χ2v) is 11.1. The van der Waals surface area contributed by atoms with E-state index in [1.807, 2.05) is 37.3 Å². The van der Waals surface area contributed by atoms with Crippen LogP contribution in [0, 0.1) is 16.7 Å². The molecule has 7 heteroatoms. The van der Waals surface area contributed by atoms with Crippen LogP contribution in [0.2, 0.25) is 0 Å². The molecule has 0 radical (unpaired) electrons. The molecule has 1 aromatic carbocycles. The Morgan fingerprint density at radius 2 is 1.97 bits per heavy atom. The third kappa shape index (κ3) is 3.36. The Hall–Kier alpha value is -2.02. The van der Waals surface area contributed by atoms with Crippen molar-refractivity contribution in [3.63, 3.8) is 0 Å². The van der Waals surface area contributed by atoms with Crippen LogP contribution in [0.3, 0.4) is 0 Å². The second-order valence-electron chi connectivity index (χ2n) is 9.58. The van der Waals surface area contributed by atoms with Crippen molar-refractivity contribution >= 4 is 35.2 Å². The predicted molar refractivity (Wildman–Crippen MR) is 121 cm³/mol. The zero-order chi connectivity index (χ0) is 22.4. The Kier molecular flexibility index (Phi) is 5.83. The normalized spacial score (nSPS) is 29.2. The van der Waals surface area contributed by atoms with Gasteiger partial charge in [0.25, 0.3) is 5.91 Å². The number of ether oxygens (including phenoxy) is 1. The highest BCUT2D eigenvalue weighted by Gasteiger charge is 2.75. The molecule has 4 atom stereocenters. The Morgan fingerprint density at radius 3 is 2.61 bits per heavy atom. The number of carbonyl (C=O) groups excluding carboxylic acids is 3. The van der Waals surface area contributed by atoms with Crippen molar-refractivity contribution in [2.75, 3.05) is 17.9 Å². The lowest BCUT2D eigenvalue weighted by molar-refractivity contribution is -0.140. The molecule has 2 aliphatic carbocycles. The van der Waals surface area contributed by atoms with E-state index in [1.54, 1.807) is 21.8 Å². The topological polar surface area (TPSA) is 66.9 Å². The molecule has 1 aliphatic heterocycles. The molecule has 4 rings (SSSR count). The Balaban J connectivity index is 1.58. The Labute approximate surface area is 188 Å². The maximum Gasteiger partial charge on any atom is 0.306 e. The number of anilines is 1. The van der Waals surface area contributed by atoms with Crippen LogP contribution in [0.4, 0.5) is 5.69 Å². The third-order valence-electron chi connectivity index (χ3n) is 7.87. The van der Waals surface area contributed by atoms with E-state index in [0.29, 0.717) is 24.5 Å². The van der Waals surface area contributed by atoms with Gasteiger partial charge in [0.1, 0.15) is 0 Å². The van der Waals surface area contributed by atoms with E-state index in [2.05, 4.69) is 13.8 Å². The summed E-state index contributed by atoms with van der Waals surface area (Å²) in [5.74, 6) is 0.915. The van der Waals surface area contributed by atoms with Gasteiger partial charge in [0.05, 0.1) is 30.7 Å². The molecule has 3 aliphatic rings. The van der Waals surface area contributed by atoms with Crippen LogP contribution < -0.4 is 5.01 Å². The molecule has 2 bridgehead atoms.